The zero-order chi connectivity index (χ0) is 19.0. The molecule has 8 heteroatoms. The fraction of sp³-hybridized carbons (Fsp3) is 0.158. The molecule has 0 spiro atoms. The van der Waals surface area contributed by atoms with E-state index in [0.29, 0.717) is 34.4 Å². The van der Waals surface area contributed by atoms with Crippen molar-refractivity contribution >= 4 is 27.5 Å². The van der Waals surface area contributed by atoms with Gasteiger partial charge in [0.2, 0.25) is 0 Å². The summed E-state index contributed by atoms with van der Waals surface area (Å²) in [4.78, 5) is 8.78. The van der Waals surface area contributed by atoms with Crippen LogP contribution in [0.3, 0.4) is 0 Å². The van der Waals surface area contributed by atoms with E-state index in [-0.39, 0.29) is 10.7 Å². The number of halogens is 1. The monoisotopic (exact) mass is 401 g/mol. The van der Waals surface area contributed by atoms with Crippen LogP contribution >= 0.6 is 11.8 Å². The maximum atomic E-state index is 13.8. The van der Waals surface area contributed by atoms with Crippen molar-refractivity contribution in [3.8, 4) is 11.3 Å². The molecule has 0 amide bonds. The van der Waals surface area contributed by atoms with Crippen molar-refractivity contribution in [1.29, 1.82) is 0 Å². The minimum Gasteiger partial charge on any atom is -0.266 e. The molecule has 0 aliphatic carbocycles. The van der Waals surface area contributed by atoms with Gasteiger partial charge in [0, 0.05) is 17.9 Å². The maximum absolute atomic E-state index is 13.8. The van der Waals surface area contributed by atoms with E-state index in [1.165, 1.54) is 28.3 Å². The van der Waals surface area contributed by atoms with Crippen LogP contribution in [0, 0.1) is 5.82 Å². The van der Waals surface area contributed by atoms with Gasteiger partial charge in [-0.05, 0) is 24.6 Å². The third kappa shape index (κ3) is 3.08. The van der Waals surface area contributed by atoms with Crippen molar-refractivity contribution in [1.82, 2.24) is 9.97 Å². The van der Waals surface area contributed by atoms with Crippen molar-refractivity contribution in [3.63, 3.8) is 0 Å². The van der Waals surface area contributed by atoms with Crippen LogP contribution in [-0.4, -0.2) is 24.9 Å². The minimum atomic E-state index is -3.70. The summed E-state index contributed by atoms with van der Waals surface area (Å²) in [7, 11) is -3.70. The number of sulfonamides is 1. The fourth-order valence-electron chi connectivity index (χ4n) is 3.04. The highest BCUT2D eigenvalue weighted by atomic mass is 32.2. The lowest BCUT2D eigenvalue weighted by Crippen LogP contribution is -2.34. The topological polar surface area (TPSA) is 63.2 Å². The van der Waals surface area contributed by atoms with E-state index in [4.69, 9.17) is 0 Å². The van der Waals surface area contributed by atoms with Gasteiger partial charge < -0.3 is 0 Å². The maximum Gasteiger partial charge on any atom is 0.268 e. The first kappa shape index (κ1) is 17.9. The molecule has 1 aromatic heterocycles. The largest absolute Gasteiger partial charge is 0.268 e. The van der Waals surface area contributed by atoms with E-state index in [1.807, 2.05) is 12.1 Å². The molecule has 27 heavy (non-hydrogen) atoms. The first-order valence-corrected chi connectivity index (χ1v) is 10.8. The van der Waals surface area contributed by atoms with Gasteiger partial charge in [-0.1, -0.05) is 48.2 Å². The first-order chi connectivity index (χ1) is 13.0. The lowest BCUT2D eigenvalue weighted by atomic mass is 10.1. The van der Waals surface area contributed by atoms with Crippen molar-refractivity contribution in [2.75, 3.05) is 10.8 Å². The Balaban J connectivity index is 1.75. The number of hydrogen-bond acceptors (Lipinski definition) is 5. The first-order valence-electron chi connectivity index (χ1n) is 8.37. The number of aromatic nitrogens is 2. The standard InChI is InChI=1S/C19H16FN3O2S2/c1-2-23-16-10-6-4-8-14(16)18-17(27(23,24)25)11-21-19(22-18)26-12-13-7-3-5-9-15(13)20/h3-11H,2,12H2,1H3. The average molecular weight is 401 g/mol. The van der Waals surface area contributed by atoms with E-state index in [1.54, 1.807) is 37.3 Å². The number of rotatable bonds is 4. The molecule has 1 aliphatic rings. The second-order valence-electron chi connectivity index (χ2n) is 5.93. The van der Waals surface area contributed by atoms with Crippen molar-refractivity contribution < 1.29 is 12.8 Å². The molecule has 3 aromatic rings. The number of benzene rings is 2. The summed E-state index contributed by atoms with van der Waals surface area (Å²) in [6, 6.07) is 13.8. The smallest absolute Gasteiger partial charge is 0.266 e. The Hall–Kier alpha value is -2.45. The van der Waals surface area contributed by atoms with Gasteiger partial charge in [0.25, 0.3) is 10.0 Å². The van der Waals surface area contributed by atoms with Gasteiger partial charge in [-0.25, -0.2) is 22.8 Å². The van der Waals surface area contributed by atoms with E-state index in [2.05, 4.69) is 9.97 Å². The van der Waals surface area contributed by atoms with Gasteiger partial charge in [-0.15, -0.1) is 0 Å². The van der Waals surface area contributed by atoms with Crippen molar-refractivity contribution in [2.24, 2.45) is 0 Å². The van der Waals surface area contributed by atoms with Gasteiger partial charge in [0.15, 0.2) is 5.16 Å². The second kappa shape index (κ2) is 6.94. The predicted molar refractivity (Wildman–Crippen MR) is 104 cm³/mol. The number of para-hydroxylation sites is 1. The molecule has 2 aromatic carbocycles. The summed E-state index contributed by atoms with van der Waals surface area (Å²) in [6.07, 6.45) is 1.35. The Kier molecular flexibility index (Phi) is 4.61. The van der Waals surface area contributed by atoms with Gasteiger partial charge in [0.05, 0.1) is 17.6 Å². The van der Waals surface area contributed by atoms with E-state index >= 15 is 0 Å². The molecule has 0 saturated carbocycles. The van der Waals surface area contributed by atoms with Crippen LogP contribution in [0.4, 0.5) is 10.1 Å². The molecule has 0 saturated heterocycles. The molecular weight excluding hydrogens is 385 g/mol. The number of fused-ring (bicyclic) bond motifs is 3. The molecule has 0 fully saturated rings. The Bertz CT molecular complexity index is 1120. The highest BCUT2D eigenvalue weighted by molar-refractivity contribution is 7.98. The van der Waals surface area contributed by atoms with Gasteiger partial charge in [0.1, 0.15) is 10.7 Å². The molecular formula is C19H16FN3O2S2. The van der Waals surface area contributed by atoms with Gasteiger partial charge >= 0.3 is 0 Å². The summed E-state index contributed by atoms with van der Waals surface area (Å²) in [5, 5.41) is 0.409. The van der Waals surface area contributed by atoms with Crippen molar-refractivity contribution in [2.45, 2.75) is 22.7 Å². The zero-order valence-corrected chi connectivity index (χ0v) is 16.1. The molecule has 0 atom stereocenters. The molecule has 0 radical (unpaired) electrons. The third-order valence-electron chi connectivity index (χ3n) is 4.33. The number of thioether (sulfide) groups is 1. The normalized spacial score (nSPS) is 14.5. The lowest BCUT2D eigenvalue weighted by Gasteiger charge is -2.30. The Morgan fingerprint density at radius 3 is 2.63 bits per heavy atom. The van der Waals surface area contributed by atoms with Crippen LogP contribution in [0.1, 0.15) is 12.5 Å². The van der Waals surface area contributed by atoms with Crippen LogP contribution in [0.25, 0.3) is 11.3 Å². The summed E-state index contributed by atoms with van der Waals surface area (Å²) in [5.41, 5.74) is 2.30. The number of nitrogens with zero attached hydrogens (tertiary/aromatic N) is 3. The van der Waals surface area contributed by atoms with Crippen LogP contribution in [-0.2, 0) is 15.8 Å². The van der Waals surface area contributed by atoms with Gasteiger partial charge in [-0.3, -0.25) is 4.31 Å². The minimum absolute atomic E-state index is 0.0956. The molecule has 2 heterocycles. The summed E-state index contributed by atoms with van der Waals surface area (Å²) >= 11 is 1.27. The lowest BCUT2D eigenvalue weighted by molar-refractivity contribution is 0.589. The number of anilines is 1. The highest BCUT2D eigenvalue weighted by Crippen LogP contribution is 2.42. The molecule has 138 valence electrons. The molecule has 5 nitrogen and oxygen atoms in total. The molecule has 1 aliphatic heterocycles. The number of hydrogen-bond donors (Lipinski definition) is 0. The molecule has 4 rings (SSSR count). The molecule has 0 N–H and O–H groups in total. The van der Waals surface area contributed by atoms with Crippen LogP contribution < -0.4 is 4.31 Å². The van der Waals surface area contributed by atoms with E-state index in [9.17, 15) is 12.8 Å². The van der Waals surface area contributed by atoms with Crippen LogP contribution in [0.15, 0.2) is 64.8 Å². The van der Waals surface area contributed by atoms with Crippen LogP contribution in [0.2, 0.25) is 0 Å². The Morgan fingerprint density at radius 2 is 1.85 bits per heavy atom. The second-order valence-corrected chi connectivity index (χ2v) is 8.71. The summed E-state index contributed by atoms with van der Waals surface area (Å²) in [5.74, 6) is 0.0791. The summed E-state index contributed by atoms with van der Waals surface area (Å²) in [6.45, 7) is 2.11. The molecule has 0 bridgehead atoms. The van der Waals surface area contributed by atoms with Gasteiger partial charge in [-0.2, -0.15) is 0 Å². The average Bonchev–Trinajstić information content (AvgIpc) is 2.67. The quantitative estimate of drug-likeness (QED) is 0.486. The predicted octanol–water partition coefficient (Wildman–Crippen LogP) is 4.10. The van der Waals surface area contributed by atoms with E-state index in [0.717, 1.165) is 5.56 Å². The summed E-state index contributed by atoms with van der Waals surface area (Å²) < 4.78 is 41.0. The van der Waals surface area contributed by atoms with E-state index < -0.39 is 10.0 Å². The zero-order valence-electron chi connectivity index (χ0n) is 14.5. The Labute approximate surface area is 161 Å². The fourth-order valence-corrected chi connectivity index (χ4v) is 5.43. The van der Waals surface area contributed by atoms with Crippen LogP contribution in [0.5, 0.6) is 0 Å². The third-order valence-corrected chi connectivity index (χ3v) is 7.13. The molecule has 0 unspecified atom stereocenters. The van der Waals surface area contributed by atoms with Crippen molar-refractivity contribution in [3.05, 3.63) is 66.1 Å². The SMILES string of the molecule is CCN1c2ccccc2-c2nc(SCc3ccccc3F)ncc2S1(=O)=O. The Morgan fingerprint density at radius 1 is 1.11 bits per heavy atom. The highest BCUT2D eigenvalue weighted by Gasteiger charge is 2.35.